The quantitative estimate of drug-likeness (QED) is 0.765. The van der Waals surface area contributed by atoms with Gasteiger partial charge in [0.25, 0.3) is 0 Å². The number of aromatic nitrogens is 2. The summed E-state index contributed by atoms with van der Waals surface area (Å²) in [5.41, 5.74) is 1.91. The minimum Gasteiger partial charge on any atom is -0.264 e. The maximum Gasteiger partial charge on any atom is 0.124 e. The Kier molecular flexibility index (Phi) is 4.67. The van der Waals surface area contributed by atoms with E-state index < -0.39 is 0 Å². The van der Waals surface area contributed by atoms with Crippen molar-refractivity contribution in [2.75, 3.05) is 0 Å². The SMILES string of the molecule is CC.Cc1nn(CC(C)C)c2ccc(F)cc12. The normalized spacial score (nSPS) is 10.5. The standard InChI is InChI=1S/C12H15FN2.C2H6/c1-8(2)7-15-12-5-4-10(13)6-11(12)9(3)14-15;1-2/h4-6,8H,7H2,1-3H3;1-2H3. The number of hydrogen-bond acceptors (Lipinski definition) is 1. The molecule has 0 aliphatic heterocycles. The molecule has 2 nitrogen and oxygen atoms in total. The summed E-state index contributed by atoms with van der Waals surface area (Å²) in [5, 5.41) is 5.33. The minimum atomic E-state index is -0.199. The first-order valence-electron chi connectivity index (χ1n) is 6.20. The zero-order chi connectivity index (χ0) is 13.0. The largest absolute Gasteiger partial charge is 0.264 e. The van der Waals surface area contributed by atoms with Gasteiger partial charge in [0.2, 0.25) is 0 Å². The summed E-state index contributed by atoms with van der Waals surface area (Å²) in [7, 11) is 0. The molecule has 1 aromatic heterocycles. The van der Waals surface area contributed by atoms with Crippen molar-refractivity contribution in [3.63, 3.8) is 0 Å². The van der Waals surface area contributed by atoms with Crippen molar-refractivity contribution in [1.29, 1.82) is 0 Å². The number of benzene rings is 1. The molecule has 3 heteroatoms. The number of halogens is 1. The summed E-state index contributed by atoms with van der Waals surface area (Å²) in [4.78, 5) is 0. The van der Waals surface area contributed by atoms with Gasteiger partial charge in [0.15, 0.2) is 0 Å². The fourth-order valence-corrected chi connectivity index (χ4v) is 1.80. The molecule has 0 atom stereocenters. The van der Waals surface area contributed by atoms with Crippen molar-refractivity contribution >= 4 is 10.9 Å². The fraction of sp³-hybridized carbons (Fsp3) is 0.500. The van der Waals surface area contributed by atoms with Crippen LogP contribution in [0.25, 0.3) is 10.9 Å². The molecule has 0 amide bonds. The van der Waals surface area contributed by atoms with E-state index in [9.17, 15) is 4.39 Å². The molecule has 0 aliphatic carbocycles. The number of nitrogens with zero attached hydrogens (tertiary/aromatic N) is 2. The van der Waals surface area contributed by atoms with Gasteiger partial charge in [-0.1, -0.05) is 27.7 Å². The van der Waals surface area contributed by atoms with E-state index in [2.05, 4.69) is 18.9 Å². The predicted octanol–water partition coefficient (Wildman–Crippen LogP) is 4.17. The van der Waals surface area contributed by atoms with Crippen molar-refractivity contribution in [1.82, 2.24) is 9.78 Å². The summed E-state index contributed by atoms with van der Waals surface area (Å²) in [5.74, 6) is 0.340. The van der Waals surface area contributed by atoms with E-state index in [1.807, 2.05) is 25.5 Å². The lowest BCUT2D eigenvalue weighted by Gasteiger charge is -2.05. The maximum absolute atomic E-state index is 13.1. The van der Waals surface area contributed by atoms with Crippen LogP contribution in [0.4, 0.5) is 4.39 Å². The van der Waals surface area contributed by atoms with Gasteiger partial charge in [0, 0.05) is 11.9 Å². The van der Waals surface area contributed by atoms with Crippen molar-refractivity contribution in [2.24, 2.45) is 5.92 Å². The monoisotopic (exact) mass is 236 g/mol. The van der Waals surface area contributed by atoms with Crippen LogP contribution in [-0.2, 0) is 6.54 Å². The van der Waals surface area contributed by atoms with Gasteiger partial charge in [0.1, 0.15) is 5.82 Å². The van der Waals surface area contributed by atoms with Gasteiger partial charge in [-0.05, 0) is 31.0 Å². The highest BCUT2D eigenvalue weighted by Gasteiger charge is 2.08. The van der Waals surface area contributed by atoms with Gasteiger partial charge >= 0.3 is 0 Å². The molecule has 17 heavy (non-hydrogen) atoms. The second-order valence-corrected chi connectivity index (χ2v) is 4.32. The van der Waals surface area contributed by atoms with E-state index in [0.717, 1.165) is 23.1 Å². The molecule has 94 valence electrons. The van der Waals surface area contributed by atoms with Crippen molar-refractivity contribution in [3.05, 3.63) is 29.7 Å². The molecule has 0 unspecified atom stereocenters. The molecule has 0 radical (unpaired) electrons. The van der Waals surface area contributed by atoms with Gasteiger partial charge in [-0.3, -0.25) is 4.68 Å². The van der Waals surface area contributed by atoms with Gasteiger partial charge in [-0.15, -0.1) is 0 Å². The van der Waals surface area contributed by atoms with Gasteiger partial charge in [-0.25, -0.2) is 4.39 Å². The van der Waals surface area contributed by atoms with E-state index in [4.69, 9.17) is 0 Å². The van der Waals surface area contributed by atoms with E-state index in [0.29, 0.717) is 5.92 Å². The number of fused-ring (bicyclic) bond motifs is 1. The van der Waals surface area contributed by atoms with Crippen LogP contribution in [0.3, 0.4) is 0 Å². The minimum absolute atomic E-state index is 0.199. The summed E-state index contributed by atoms with van der Waals surface area (Å²) >= 11 is 0. The van der Waals surface area contributed by atoms with Crippen LogP contribution in [0.5, 0.6) is 0 Å². The fourth-order valence-electron chi connectivity index (χ4n) is 1.80. The molecular weight excluding hydrogens is 215 g/mol. The predicted molar refractivity (Wildman–Crippen MR) is 70.6 cm³/mol. The van der Waals surface area contributed by atoms with E-state index in [1.165, 1.54) is 6.07 Å². The lowest BCUT2D eigenvalue weighted by atomic mass is 10.2. The average Bonchev–Trinajstić information content (AvgIpc) is 2.57. The van der Waals surface area contributed by atoms with Crippen LogP contribution in [0.1, 0.15) is 33.4 Å². The highest BCUT2D eigenvalue weighted by atomic mass is 19.1. The van der Waals surface area contributed by atoms with Gasteiger partial charge in [-0.2, -0.15) is 5.10 Å². The van der Waals surface area contributed by atoms with Crippen molar-refractivity contribution in [2.45, 2.75) is 41.2 Å². The molecule has 0 aliphatic rings. The smallest absolute Gasteiger partial charge is 0.124 e. The first kappa shape index (κ1) is 13.7. The summed E-state index contributed by atoms with van der Waals surface area (Å²) in [6.07, 6.45) is 0. The first-order valence-corrected chi connectivity index (χ1v) is 6.20. The Hall–Kier alpha value is -1.38. The first-order chi connectivity index (χ1) is 8.08. The highest BCUT2D eigenvalue weighted by molar-refractivity contribution is 5.81. The highest BCUT2D eigenvalue weighted by Crippen LogP contribution is 2.20. The second kappa shape index (κ2) is 5.80. The molecule has 0 saturated carbocycles. The van der Waals surface area contributed by atoms with Crippen LogP contribution in [0.15, 0.2) is 18.2 Å². The van der Waals surface area contributed by atoms with Gasteiger partial charge in [0.05, 0.1) is 11.2 Å². The Morgan fingerprint density at radius 1 is 1.29 bits per heavy atom. The van der Waals surface area contributed by atoms with Crippen LogP contribution in [-0.4, -0.2) is 9.78 Å². The molecule has 2 aromatic rings. The zero-order valence-electron chi connectivity index (χ0n) is 11.3. The Morgan fingerprint density at radius 3 is 2.53 bits per heavy atom. The van der Waals surface area contributed by atoms with E-state index >= 15 is 0 Å². The third-order valence-corrected chi connectivity index (χ3v) is 2.44. The Bertz CT molecular complexity index is 486. The molecule has 1 aromatic carbocycles. The average molecular weight is 236 g/mol. The van der Waals surface area contributed by atoms with Crippen LogP contribution in [0.2, 0.25) is 0 Å². The number of rotatable bonds is 2. The lowest BCUT2D eigenvalue weighted by Crippen LogP contribution is -2.05. The molecule has 0 bridgehead atoms. The maximum atomic E-state index is 13.1. The number of aryl methyl sites for hydroxylation is 1. The summed E-state index contributed by atoms with van der Waals surface area (Å²) in [6, 6.07) is 4.84. The molecule has 0 spiro atoms. The lowest BCUT2D eigenvalue weighted by molar-refractivity contribution is 0.493. The summed E-state index contributed by atoms with van der Waals surface area (Å²) < 4.78 is 15.0. The van der Waals surface area contributed by atoms with E-state index in [1.54, 1.807) is 12.1 Å². The van der Waals surface area contributed by atoms with Crippen LogP contribution in [0, 0.1) is 18.7 Å². The third-order valence-electron chi connectivity index (χ3n) is 2.44. The molecule has 0 N–H and O–H groups in total. The third kappa shape index (κ3) is 3.05. The van der Waals surface area contributed by atoms with Crippen molar-refractivity contribution < 1.29 is 4.39 Å². The van der Waals surface area contributed by atoms with E-state index in [-0.39, 0.29) is 5.82 Å². The van der Waals surface area contributed by atoms with Gasteiger partial charge < -0.3 is 0 Å². The van der Waals surface area contributed by atoms with Crippen LogP contribution >= 0.6 is 0 Å². The summed E-state index contributed by atoms with van der Waals surface area (Å²) in [6.45, 7) is 11.1. The Morgan fingerprint density at radius 2 is 1.94 bits per heavy atom. The molecule has 0 fully saturated rings. The Balaban J connectivity index is 0.000000686. The Labute approximate surface area is 102 Å². The molecule has 1 heterocycles. The topological polar surface area (TPSA) is 17.8 Å². The zero-order valence-corrected chi connectivity index (χ0v) is 11.3. The molecule has 2 rings (SSSR count). The molecule has 0 saturated heterocycles. The van der Waals surface area contributed by atoms with Crippen molar-refractivity contribution in [3.8, 4) is 0 Å². The number of hydrogen-bond donors (Lipinski definition) is 0. The molecular formula is C14H21FN2. The second-order valence-electron chi connectivity index (χ2n) is 4.32. The van der Waals surface area contributed by atoms with Crippen LogP contribution < -0.4 is 0 Å².